The first-order valence-electron chi connectivity index (χ1n) is 7.26. The minimum Gasteiger partial charge on any atom is -0.506 e. The van der Waals surface area contributed by atoms with Gasteiger partial charge in [0, 0.05) is 0 Å². The summed E-state index contributed by atoms with van der Waals surface area (Å²) in [5.41, 5.74) is 0.586. The van der Waals surface area contributed by atoms with Crippen molar-refractivity contribution in [1.29, 1.82) is 0 Å². The van der Waals surface area contributed by atoms with Gasteiger partial charge in [-0.15, -0.1) is 0 Å². The van der Waals surface area contributed by atoms with Gasteiger partial charge in [0.1, 0.15) is 12.4 Å². The highest BCUT2D eigenvalue weighted by Crippen LogP contribution is 2.31. The minimum absolute atomic E-state index is 0.0401. The number of aliphatic carboxylic acids is 1. The third-order valence-electron chi connectivity index (χ3n) is 3.48. The van der Waals surface area contributed by atoms with Gasteiger partial charge in [-0.1, -0.05) is 18.2 Å². The largest absolute Gasteiger partial charge is 0.506 e. The summed E-state index contributed by atoms with van der Waals surface area (Å²) >= 11 is 0. The summed E-state index contributed by atoms with van der Waals surface area (Å²) in [5, 5.41) is 21.2. The maximum atomic E-state index is 12.3. The average molecular weight is 329 g/mol. The first-order valence-corrected chi connectivity index (χ1v) is 7.26. The molecule has 0 radical (unpaired) electrons. The fourth-order valence-electron chi connectivity index (χ4n) is 2.33. The summed E-state index contributed by atoms with van der Waals surface area (Å²) < 4.78 is 11.1. The van der Waals surface area contributed by atoms with Crippen LogP contribution in [0.5, 0.6) is 17.2 Å². The molecule has 0 spiro atoms. The zero-order chi connectivity index (χ0) is 17.1. The lowest BCUT2D eigenvalue weighted by Gasteiger charge is -2.25. The lowest BCUT2D eigenvalue weighted by molar-refractivity contribution is -0.136. The Kier molecular flexibility index (Phi) is 4.24. The van der Waals surface area contributed by atoms with Gasteiger partial charge in [-0.3, -0.25) is 9.59 Å². The van der Waals surface area contributed by atoms with E-state index in [0.29, 0.717) is 17.1 Å². The maximum absolute atomic E-state index is 12.3. The number of benzene rings is 2. The molecule has 1 amide bonds. The molecule has 2 aromatic rings. The van der Waals surface area contributed by atoms with Gasteiger partial charge in [-0.25, -0.2) is 0 Å². The Balaban J connectivity index is 1.72. The van der Waals surface area contributed by atoms with E-state index in [-0.39, 0.29) is 24.5 Å². The van der Waals surface area contributed by atoms with Crippen molar-refractivity contribution < 1.29 is 29.3 Å². The summed E-state index contributed by atoms with van der Waals surface area (Å²) in [5.74, 6) is -0.624. The Hall–Kier alpha value is -3.22. The molecule has 1 atom stereocenters. The number of amides is 1. The van der Waals surface area contributed by atoms with Crippen molar-refractivity contribution >= 4 is 17.6 Å². The number of hydrogen-bond donors (Lipinski definition) is 3. The number of carbonyl (C=O) groups excluding carboxylic acids is 1. The summed E-state index contributed by atoms with van der Waals surface area (Å²) in [4.78, 5) is 23.1. The second-order valence-electron chi connectivity index (χ2n) is 5.28. The van der Waals surface area contributed by atoms with Crippen LogP contribution in [0, 0.1) is 0 Å². The van der Waals surface area contributed by atoms with Crippen LogP contribution in [0.2, 0.25) is 0 Å². The molecule has 0 bridgehead atoms. The lowest BCUT2D eigenvalue weighted by atomic mass is 10.1. The summed E-state index contributed by atoms with van der Waals surface area (Å²) in [6.07, 6.45) is -1.08. The van der Waals surface area contributed by atoms with Gasteiger partial charge in [-0.2, -0.15) is 0 Å². The Morgan fingerprint density at radius 2 is 1.92 bits per heavy atom. The van der Waals surface area contributed by atoms with Crippen LogP contribution in [0.25, 0.3) is 0 Å². The number of rotatable bonds is 4. The van der Waals surface area contributed by atoms with Crippen LogP contribution in [-0.4, -0.2) is 34.8 Å². The lowest BCUT2D eigenvalue weighted by Crippen LogP contribution is -2.40. The summed E-state index contributed by atoms with van der Waals surface area (Å²) in [6, 6.07) is 11.2. The smallest absolute Gasteiger partial charge is 0.307 e. The molecule has 0 aromatic heterocycles. The van der Waals surface area contributed by atoms with Gasteiger partial charge in [0.15, 0.2) is 11.5 Å². The number of phenols is 1. The van der Waals surface area contributed by atoms with Crippen LogP contribution >= 0.6 is 0 Å². The van der Waals surface area contributed by atoms with Crippen LogP contribution in [0.15, 0.2) is 42.5 Å². The van der Waals surface area contributed by atoms with E-state index >= 15 is 0 Å². The molecular formula is C17H15NO6. The number of fused-ring (bicyclic) bond motifs is 1. The molecule has 0 aliphatic carbocycles. The molecule has 3 N–H and O–H groups in total. The van der Waals surface area contributed by atoms with Crippen molar-refractivity contribution in [3.8, 4) is 17.2 Å². The molecule has 2 aromatic carbocycles. The quantitative estimate of drug-likeness (QED) is 0.739. The number of nitrogens with one attached hydrogen (secondary N) is 1. The van der Waals surface area contributed by atoms with Crippen molar-refractivity contribution in [1.82, 2.24) is 0 Å². The Morgan fingerprint density at radius 1 is 1.17 bits per heavy atom. The maximum Gasteiger partial charge on any atom is 0.307 e. The van der Waals surface area contributed by atoms with E-state index in [9.17, 15) is 14.7 Å². The van der Waals surface area contributed by atoms with Crippen LogP contribution in [0.4, 0.5) is 5.69 Å². The molecule has 0 fully saturated rings. The van der Waals surface area contributed by atoms with Crippen LogP contribution < -0.4 is 14.8 Å². The van der Waals surface area contributed by atoms with E-state index in [2.05, 4.69) is 5.32 Å². The second kappa shape index (κ2) is 6.49. The molecule has 7 heteroatoms. The molecule has 1 aliphatic heterocycles. The number of carboxylic acids is 1. The fourth-order valence-corrected chi connectivity index (χ4v) is 2.33. The van der Waals surface area contributed by atoms with Crippen LogP contribution in [0.3, 0.4) is 0 Å². The van der Waals surface area contributed by atoms with Crippen molar-refractivity contribution in [2.75, 3.05) is 11.9 Å². The van der Waals surface area contributed by atoms with E-state index in [1.807, 2.05) is 0 Å². The molecule has 0 saturated heterocycles. The molecule has 24 heavy (non-hydrogen) atoms. The first-order chi connectivity index (χ1) is 11.5. The van der Waals surface area contributed by atoms with Crippen molar-refractivity contribution in [2.24, 2.45) is 0 Å². The molecule has 7 nitrogen and oxygen atoms in total. The number of para-hydroxylation sites is 2. The third-order valence-corrected chi connectivity index (χ3v) is 3.48. The van der Waals surface area contributed by atoms with E-state index < -0.39 is 18.0 Å². The van der Waals surface area contributed by atoms with Gasteiger partial charge in [0.25, 0.3) is 5.91 Å². The summed E-state index contributed by atoms with van der Waals surface area (Å²) in [7, 11) is 0. The van der Waals surface area contributed by atoms with Crippen LogP contribution in [0.1, 0.15) is 5.56 Å². The molecule has 1 aliphatic rings. The number of ether oxygens (including phenoxy) is 2. The Labute approximate surface area is 137 Å². The van der Waals surface area contributed by atoms with Gasteiger partial charge in [0.05, 0.1) is 12.1 Å². The van der Waals surface area contributed by atoms with Gasteiger partial charge >= 0.3 is 5.97 Å². The number of phenolic OH excluding ortho intramolecular Hbond substituents is 1. The number of aromatic hydroxyl groups is 1. The van der Waals surface area contributed by atoms with Crippen molar-refractivity contribution in [3.05, 3.63) is 48.0 Å². The Bertz CT molecular complexity index is 788. The van der Waals surface area contributed by atoms with E-state index in [1.54, 1.807) is 24.3 Å². The Morgan fingerprint density at radius 3 is 2.67 bits per heavy atom. The van der Waals surface area contributed by atoms with E-state index in [0.717, 1.165) is 0 Å². The van der Waals surface area contributed by atoms with Crippen LogP contribution in [-0.2, 0) is 16.0 Å². The van der Waals surface area contributed by atoms with Crippen molar-refractivity contribution in [3.63, 3.8) is 0 Å². The van der Waals surface area contributed by atoms with E-state index in [4.69, 9.17) is 14.6 Å². The molecular weight excluding hydrogens is 314 g/mol. The monoisotopic (exact) mass is 329 g/mol. The highest BCUT2D eigenvalue weighted by Gasteiger charge is 2.27. The zero-order valence-corrected chi connectivity index (χ0v) is 12.6. The normalized spacial score (nSPS) is 15.6. The predicted molar refractivity (Wildman–Crippen MR) is 84.4 cm³/mol. The van der Waals surface area contributed by atoms with Gasteiger partial charge in [0.2, 0.25) is 6.10 Å². The van der Waals surface area contributed by atoms with E-state index in [1.165, 1.54) is 18.2 Å². The first kappa shape index (κ1) is 15.7. The average Bonchev–Trinajstić information content (AvgIpc) is 2.57. The third kappa shape index (κ3) is 3.40. The second-order valence-corrected chi connectivity index (χ2v) is 5.28. The standard InChI is InChI=1S/C17H15NO6/c19-12-6-5-10(8-16(20)21)7-11(12)18-17(22)15-9-23-13-3-1-2-4-14(13)24-15/h1-7,15,19H,8-9H2,(H,18,22)(H,20,21). The molecule has 124 valence electrons. The summed E-state index contributed by atoms with van der Waals surface area (Å²) in [6.45, 7) is 0.0401. The predicted octanol–water partition coefficient (Wildman–Crippen LogP) is 1.80. The van der Waals surface area contributed by atoms with Gasteiger partial charge < -0.3 is 25.0 Å². The number of carbonyl (C=O) groups is 2. The fraction of sp³-hybridized carbons (Fsp3) is 0.176. The minimum atomic E-state index is -1.00. The SMILES string of the molecule is O=C(O)Cc1ccc(O)c(NC(=O)C2COc3ccccc3O2)c1. The number of anilines is 1. The molecule has 0 saturated carbocycles. The molecule has 3 rings (SSSR count). The van der Waals surface area contributed by atoms with Crippen molar-refractivity contribution in [2.45, 2.75) is 12.5 Å². The molecule has 1 unspecified atom stereocenters. The number of hydrogen-bond acceptors (Lipinski definition) is 5. The topological polar surface area (TPSA) is 105 Å². The van der Waals surface area contributed by atoms with Gasteiger partial charge in [-0.05, 0) is 29.8 Å². The zero-order valence-electron chi connectivity index (χ0n) is 12.6. The highest BCUT2D eigenvalue weighted by molar-refractivity contribution is 5.96. The highest BCUT2D eigenvalue weighted by atomic mass is 16.6. The molecule has 1 heterocycles. The number of carboxylic acid groups (broad SMARTS) is 1.